The van der Waals surface area contributed by atoms with Gasteiger partial charge in [0.25, 0.3) is 0 Å². The zero-order chi connectivity index (χ0) is 11.8. The highest BCUT2D eigenvalue weighted by atomic mass is 32.2. The monoisotopic (exact) mass is 246 g/mol. The lowest BCUT2D eigenvalue weighted by atomic mass is 10.0. The van der Waals surface area contributed by atoms with Gasteiger partial charge < -0.3 is 4.74 Å². The molecule has 0 aromatic carbocycles. The predicted octanol–water partition coefficient (Wildman–Crippen LogP) is 1.44. The lowest BCUT2D eigenvalue weighted by molar-refractivity contribution is -0.141. The maximum atomic E-state index is 12.4. The average molecular weight is 246 g/mol. The minimum absolute atomic E-state index is 0.317. The summed E-state index contributed by atoms with van der Waals surface area (Å²) in [6.07, 6.45) is 5.33. The number of ether oxygens (including phenoxy) is 1. The van der Waals surface area contributed by atoms with Crippen LogP contribution in [0.5, 0.6) is 0 Å². The number of methoxy groups -OCH3 is 1. The van der Waals surface area contributed by atoms with Crippen LogP contribution < -0.4 is 0 Å². The SMILES string of the molecule is COC(=O)C1(S(=O)(=O)C2CCCCC2)CC1. The molecule has 2 rings (SSSR count). The molecule has 0 amide bonds. The summed E-state index contributed by atoms with van der Waals surface area (Å²) in [5.74, 6) is -0.557. The van der Waals surface area contributed by atoms with E-state index in [2.05, 4.69) is 4.74 Å². The molecule has 92 valence electrons. The zero-order valence-electron chi connectivity index (χ0n) is 9.57. The third-order valence-corrected chi connectivity index (χ3v) is 6.81. The van der Waals surface area contributed by atoms with Crippen LogP contribution in [0.15, 0.2) is 0 Å². The van der Waals surface area contributed by atoms with E-state index in [0.717, 1.165) is 19.3 Å². The van der Waals surface area contributed by atoms with Crippen LogP contribution in [0, 0.1) is 0 Å². The summed E-state index contributed by atoms with van der Waals surface area (Å²) < 4.78 is 28.2. The first-order chi connectivity index (χ1) is 7.54. The predicted molar refractivity (Wildman–Crippen MR) is 59.8 cm³/mol. The number of rotatable bonds is 3. The third-order valence-electron chi connectivity index (χ3n) is 3.80. The Morgan fingerprint density at radius 1 is 1.19 bits per heavy atom. The van der Waals surface area contributed by atoms with Crippen LogP contribution in [-0.4, -0.2) is 31.5 Å². The quantitative estimate of drug-likeness (QED) is 0.707. The Balaban J connectivity index is 2.21. The minimum Gasteiger partial charge on any atom is -0.468 e. The summed E-state index contributed by atoms with van der Waals surface area (Å²) in [4.78, 5) is 11.6. The van der Waals surface area contributed by atoms with E-state index in [0.29, 0.717) is 25.7 Å². The van der Waals surface area contributed by atoms with E-state index in [4.69, 9.17) is 0 Å². The Morgan fingerprint density at radius 2 is 1.75 bits per heavy atom. The first-order valence-corrected chi connectivity index (χ1v) is 7.41. The van der Waals surface area contributed by atoms with Gasteiger partial charge in [-0.05, 0) is 25.7 Å². The molecule has 0 aromatic heterocycles. The molecule has 4 nitrogen and oxygen atoms in total. The molecular weight excluding hydrogens is 228 g/mol. The van der Waals surface area contributed by atoms with E-state index in [-0.39, 0.29) is 5.25 Å². The molecule has 16 heavy (non-hydrogen) atoms. The number of hydrogen-bond acceptors (Lipinski definition) is 4. The Morgan fingerprint density at radius 3 is 2.19 bits per heavy atom. The summed E-state index contributed by atoms with van der Waals surface area (Å²) in [5, 5.41) is -0.317. The third kappa shape index (κ3) is 1.65. The van der Waals surface area contributed by atoms with E-state index in [9.17, 15) is 13.2 Å². The van der Waals surface area contributed by atoms with Gasteiger partial charge in [0.05, 0.1) is 12.4 Å². The molecule has 0 atom stereocenters. The van der Waals surface area contributed by atoms with E-state index >= 15 is 0 Å². The van der Waals surface area contributed by atoms with Gasteiger partial charge in [-0.1, -0.05) is 19.3 Å². The molecule has 0 bridgehead atoms. The number of esters is 1. The molecule has 0 aromatic rings. The Hall–Kier alpha value is -0.580. The molecule has 2 aliphatic carbocycles. The first kappa shape index (κ1) is 11.9. The molecule has 0 N–H and O–H groups in total. The molecule has 0 aliphatic heterocycles. The highest BCUT2D eigenvalue weighted by Gasteiger charge is 2.63. The van der Waals surface area contributed by atoms with Crippen LogP contribution >= 0.6 is 0 Å². The van der Waals surface area contributed by atoms with Crippen molar-refractivity contribution in [1.29, 1.82) is 0 Å². The van der Waals surface area contributed by atoms with Gasteiger partial charge in [-0.15, -0.1) is 0 Å². The topological polar surface area (TPSA) is 60.4 Å². The van der Waals surface area contributed by atoms with Crippen molar-refractivity contribution in [1.82, 2.24) is 0 Å². The van der Waals surface area contributed by atoms with Gasteiger partial charge in [0.15, 0.2) is 14.6 Å². The van der Waals surface area contributed by atoms with Crippen LogP contribution in [0.25, 0.3) is 0 Å². The molecule has 0 radical (unpaired) electrons. The Labute approximate surface area is 96.3 Å². The Kier molecular flexibility index (Phi) is 2.99. The van der Waals surface area contributed by atoms with Crippen molar-refractivity contribution < 1.29 is 17.9 Å². The van der Waals surface area contributed by atoms with E-state index in [1.807, 2.05) is 0 Å². The minimum atomic E-state index is -3.34. The number of carbonyl (C=O) groups excluding carboxylic acids is 1. The molecular formula is C11H18O4S. The summed E-state index contributed by atoms with van der Waals surface area (Å²) in [6, 6.07) is 0. The van der Waals surface area contributed by atoms with Gasteiger partial charge in [0, 0.05) is 0 Å². The Bertz CT molecular complexity index is 375. The van der Waals surface area contributed by atoms with Gasteiger partial charge in [-0.2, -0.15) is 0 Å². The van der Waals surface area contributed by atoms with E-state index in [1.54, 1.807) is 0 Å². The molecule has 2 fully saturated rings. The largest absolute Gasteiger partial charge is 0.468 e. The van der Waals surface area contributed by atoms with E-state index in [1.165, 1.54) is 7.11 Å². The van der Waals surface area contributed by atoms with Crippen molar-refractivity contribution in [2.75, 3.05) is 7.11 Å². The van der Waals surface area contributed by atoms with Gasteiger partial charge in [0.1, 0.15) is 0 Å². The fourth-order valence-corrected chi connectivity index (χ4v) is 5.18. The van der Waals surface area contributed by atoms with Crippen LogP contribution in [0.1, 0.15) is 44.9 Å². The second-order valence-electron chi connectivity index (χ2n) is 4.79. The summed E-state index contributed by atoms with van der Waals surface area (Å²) in [5.41, 5.74) is 0. The molecule has 0 saturated heterocycles. The second-order valence-corrected chi connectivity index (χ2v) is 7.33. The van der Waals surface area contributed by atoms with Gasteiger partial charge in [-0.3, -0.25) is 4.79 Å². The van der Waals surface area contributed by atoms with Crippen molar-refractivity contribution in [3.8, 4) is 0 Å². The maximum absolute atomic E-state index is 12.4. The summed E-state index contributed by atoms with van der Waals surface area (Å²) >= 11 is 0. The zero-order valence-corrected chi connectivity index (χ0v) is 10.4. The standard InChI is InChI=1S/C11H18O4S/c1-15-10(12)11(7-8-11)16(13,14)9-5-3-2-4-6-9/h9H,2-8H2,1H3. The molecule has 2 saturated carbocycles. The van der Waals surface area contributed by atoms with Gasteiger partial charge in [-0.25, -0.2) is 8.42 Å². The normalized spacial score (nSPS) is 25.1. The lowest BCUT2D eigenvalue weighted by Gasteiger charge is -2.25. The molecule has 0 spiro atoms. The van der Waals surface area contributed by atoms with E-state index < -0.39 is 20.6 Å². The van der Waals surface area contributed by atoms with Crippen LogP contribution in [0.3, 0.4) is 0 Å². The number of hydrogen-bond donors (Lipinski definition) is 0. The fraction of sp³-hybridized carbons (Fsp3) is 0.909. The highest BCUT2D eigenvalue weighted by Crippen LogP contribution is 2.48. The van der Waals surface area contributed by atoms with Crippen molar-refractivity contribution in [2.45, 2.75) is 54.9 Å². The smallest absolute Gasteiger partial charge is 0.327 e. The van der Waals surface area contributed by atoms with Crippen LogP contribution in [0.4, 0.5) is 0 Å². The first-order valence-electron chi connectivity index (χ1n) is 5.86. The van der Waals surface area contributed by atoms with Crippen molar-refractivity contribution >= 4 is 15.8 Å². The summed E-state index contributed by atoms with van der Waals surface area (Å²) in [6.45, 7) is 0. The second kappa shape index (κ2) is 4.02. The van der Waals surface area contributed by atoms with Crippen molar-refractivity contribution in [3.63, 3.8) is 0 Å². The van der Waals surface area contributed by atoms with Gasteiger partial charge in [0.2, 0.25) is 0 Å². The van der Waals surface area contributed by atoms with Crippen molar-refractivity contribution in [3.05, 3.63) is 0 Å². The number of carbonyl (C=O) groups is 1. The maximum Gasteiger partial charge on any atom is 0.327 e. The van der Waals surface area contributed by atoms with Gasteiger partial charge >= 0.3 is 5.97 Å². The van der Waals surface area contributed by atoms with Crippen LogP contribution in [-0.2, 0) is 19.4 Å². The molecule has 5 heteroatoms. The molecule has 2 aliphatic rings. The fourth-order valence-electron chi connectivity index (χ4n) is 2.60. The summed E-state index contributed by atoms with van der Waals surface area (Å²) in [7, 11) is -2.07. The van der Waals surface area contributed by atoms with Crippen LogP contribution in [0.2, 0.25) is 0 Å². The highest BCUT2D eigenvalue weighted by molar-refractivity contribution is 7.94. The lowest BCUT2D eigenvalue weighted by Crippen LogP contribution is -2.41. The molecule has 0 heterocycles. The number of sulfone groups is 1. The average Bonchev–Trinajstić information content (AvgIpc) is 3.10. The molecule has 0 unspecified atom stereocenters. The van der Waals surface area contributed by atoms with Crippen molar-refractivity contribution in [2.24, 2.45) is 0 Å².